The second-order valence-corrected chi connectivity index (χ2v) is 5.66. The van der Waals surface area contributed by atoms with Crippen molar-refractivity contribution in [2.45, 2.75) is 40.0 Å². The average Bonchev–Trinajstić information content (AvgIpc) is 2.62. The maximum absolute atomic E-state index is 9.26. The van der Waals surface area contributed by atoms with E-state index in [0.29, 0.717) is 18.8 Å². The van der Waals surface area contributed by atoms with Crippen molar-refractivity contribution in [3.05, 3.63) is 59.2 Å². The average molecular weight is 329 g/mol. The number of aliphatic hydroxyl groups excluding tert-OH is 1. The van der Waals surface area contributed by atoms with E-state index >= 15 is 0 Å². The van der Waals surface area contributed by atoms with Crippen molar-refractivity contribution in [1.82, 2.24) is 14.9 Å². The Morgan fingerprint density at radius 2 is 1.50 bits per heavy atom. The van der Waals surface area contributed by atoms with Crippen molar-refractivity contribution in [1.29, 1.82) is 0 Å². The fourth-order valence-electron chi connectivity index (χ4n) is 2.53. The predicted octanol–water partition coefficient (Wildman–Crippen LogP) is 2.57. The third-order valence-electron chi connectivity index (χ3n) is 3.78. The quantitative estimate of drug-likeness (QED) is 0.679. The van der Waals surface area contributed by atoms with Gasteiger partial charge in [-0.05, 0) is 37.6 Å². The highest BCUT2D eigenvalue weighted by Gasteiger charge is 2.10. The van der Waals surface area contributed by atoms with Gasteiger partial charge in [-0.3, -0.25) is 14.9 Å². The minimum Gasteiger partial charge on any atom is -0.390 e. The van der Waals surface area contributed by atoms with Crippen LogP contribution in [0.25, 0.3) is 0 Å². The molecule has 0 saturated heterocycles. The highest BCUT2D eigenvalue weighted by molar-refractivity contribution is 5.13. The third kappa shape index (κ3) is 6.00. The summed E-state index contributed by atoms with van der Waals surface area (Å²) in [6, 6.07) is 11.9. The molecule has 24 heavy (non-hydrogen) atoms. The van der Waals surface area contributed by atoms with Crippen LogP contribution >= 0.6 is 0 Å². The molecule has 5 heteroatoms. The van der Waals surface area contributed by atoms with Crippen LogP contribution in [0.4, 0.5) is 0 Å². The molecule has 2 rings (SSSR count). The number of aromatic nitrogens is 2. The number of hydrogen-bond donors (Lipinski definition) is 1. The molecule has 0 aromatic carbocycles. The van der Waals surface area contributed by atoms with E-state index in [2.05, 4.69) is 35.0 Å². The summed E-state index contributed by atoms with van der Waals surface area (Å²) in [6.07, 6.45) is 0.937. The van der Waals surface area contributed by atoms with E-state index in [-0.39, 0.29) is 6.61 Å². The fourth-order valence-corrected chi connectivity index (χ4v) is 2.53. The van der Waals surface area contributed by atoms with Gasteiger partial charge in [0.05, 0.1) is 30.3 Å². The molecule has 0 fully saturated rings. The molecule has 0 spiro atoms. The standard InChI is InChI=1S/C19H27N3O2/c1-3-16-7-5-8-17(20-16)13-22(11-12-24-4-2)14-18-9-6-10-19(15-23)21-18/h5-10,23H,3-4,11-15H2,1-2H3. The fraction of sp³-hybridized carbons (Fsp3) is 0.474. The number of aliphatic hydroxyl groups is 1. The smallest absolute Gasteiger partial charge is 0.0853 e. The first-order chi connectivity index (χ1) is 11.7. The van der Waals surface area contributed by atoms with Crippen LogP contribution in [0, 0.1) is 0 Å². The van der Waals surface area contributed by atoms with Gasteiger partial charge in [0.2, 0.25) is 0 Å². The molecule has 0 aliphatic rings. The molecule has 2 aromatic heterocycles. The molecular formula is C19H27N3O2. The molecule has 0 aliphatic carbocycles. The Morgan fingerprint density at radius 3 is 2.08 bits per heavy atom. The van der Waals surface area contributed by atoms with E-state index in [0.717, 1.165) is 43.2 Å². The van der Waals surface area contributed by atoms with Crippen molar-refractivity contribution in [2.24, 2.45) is 0 Å². The van der Waals surface area contributed by atoms with E-state index in [1.807, 2.05) is 25.1 Å². The minimum absolute atomic E-state index is 0.0348. The molecule has 2 heterocycles. The second kappa shape index (κ2) is 10.1. The van der Waals surface area contributed by atoms with Gasteiger partial charge in [0.15, 0.2) is 0 Å². The zero-order valence-corrected chi connectivity index (χ0v) is 14.6. The SMILES string of the molecule is CCOCCN(Cc1cccc(CC)n1)Cc1cccc(CO)n1. The van der Waals surface area contributed by atoms with Gasteiger partial charge in [0.25, 0.3) is 0 Å². The van der Waals surface area contributed by atoms with Crippen molar-refractivity contribution < 1.29 is 9.84 Å². The molecule has 0 amide bonds. The molecule has 0 radical (unpaired) electrons. The van der Waals surface area contributed by atoms with Gasteiger partial charge in [-0.15, -0.1) is 0 Å². The van der Waals surface area contributed by atoms with Crippen molar-refractivity contribution in [3.8, 4) is 0 Å². The maximum Gasteiger partial charge on any atom is 0.0853 e. The topological polar surface area (TPSA) is 58.5 Å². The van der Waals surface area contributed by atoms with Gasteiger partial charge in [-0.25, -0.2) is 0 Å². The summed E-state index contributed by atoms with van der Waals surface area (Å²) in [4.78, 5) is 11.5. The minimum atomic E-state index is -0.0348. The Hall–Kier alpha value is -1.82. The summed E-state index contributed by atoms with van der Waals surface area (Å²) in [5, 5.41) is 9.26. The van der Waals surface area contributed by atoms with Gasteiger partial charge in [-0.1, -0.05) is 19.1 Å². The molecule has 5 nitrogen and oxygen atoms in total. The summed E-state index contributed by atoms with van der Waals surface area (Å²) < 4.78 is 5.51. The zero-order valence-electron chi connectivity index (χ0n) is 14.6. The number of nitrogens with zero attached hydrogens (tertiary/aromatic N) is 3. The van der Waals surface area contributed by atoms with Gasteiger partial charge < -0.3 is 9.84 Å². The number of hydrogen-bond acceptors (Lipinski definition) is 5. The third-order valence-corrected chi connectivity index (χ3v) is 3.78. The lowest BCUT2D eigenvalue weighted by atomic mass is 10.2. The number of pyridine rings is 2. The van der Waals surface area contributed by atoms with Crippen LogP contribution in [0.15, 0.2) is 36.4 Å². The molecule has 0 aliphatic heterocycles. The number of aryl methyl sites for hydroxylation is 1. The summed E-state index contributed by atoms with van der Waals surface area (Å²) in [6.45, 7) is 7.76. The van der Waals surface area contributed by atoms with Gasteiger partial charge in [0, 0.05) is 31.9 Å². The van der Waals surface area contributed by atoms with Crippen LogP contribution in [0.1, 0.15) is 36.6 Å². The van der Waals surface area contributed by atoms with Crippen LogP contribution in [0.3, 0.4) is 0 Å². The summed E-state index contributed by atoms with van der Waals surface area (Å²) in [5.41, 5.74) is 3.81. The highest BCUT2D eigenvalue weighted by atomic mass is 16.5. The highest BCUT2D eigenvalue weighted by Crippen LogP contribution is 2.09. The monoisotopic (exact) mass is 329 g/mol. The maximum atomic E-state index is 9.26. The Kier molecular flexibility index (Phi) is 7.82. The van der Waals surface area contributed by atoms with Crippen LogP contribution in [-0.2, 0) is 30.9 Å². The molecule has 0 unspecified atom stereocenters. The first-order valence-electron chi connectivity index (χ1n) is 8.55. The lowest BCUT2D eigenvalue weighted by Gasteiger charge is -2.22. The lowest BCUT2D eigenvalue weighted by molar-refractivity contribution is 0.106. The summed E-state index contributed by atoms with van der Waals surface area (Å²) in [5.74, 6) is 0. The van der Waals surface area contributed by atoms with E-state index < -0.39 is 0 Å². The molecule has 2 aromatic rings. The van der Waals surface area contributed by atoms with Crippen LogP contribution in [0.5, 0.6) is 0 Å². The first-order valence-corrected chi connectivity index (χ1v) is 8.55. The largest absolute Gasteiger partial charge is 0.390 e. The van der Waals surface area contributed by atoms with E-state index in [4.69, 9.17) is 9.72 Å². The molecule has 0 bridgehead atoms. The summed E-state index contributed by atoms with van der Waals surface area (Å²) >= 11 is 0. The normalized spacial score (nSPS) is 11.2. The van der Waals surface area contributed by atoms with Crippen LogP contribution in [0.2, 0.25) is 0 Å². The Labute approximate surface area is 144 Å². The molecule has 0 saturated carbocycles. The molecule has 1 N–H and O–H groups in total. The zero-order chi connectivity index (χ0) is 17.2. The van der Waals surface area contributed by atoms with E-state index in [1.54, 1.807) is 0 Å². The van der Waals surface area contributed by atoms with E-state index in [1.165, 1.54) is 0 Å². The molecular weight excluding hydrogens is 302 g/mol. The molecule has 0 atom stereocenters. The van der Waals surface area contributed by atoms with E-state index in [9.17, 15) is 5.11 Å². The lowest BCUT2D eigenvalue weighted by Crippen LogP contribution is -2.28. The first kappa shape index (κ1) is 18.5. The summed E-state index contributed by atoms with van der Waals surface area (Å²) in [7, 11) is 0. The number of ether oxygens (including phenoxy) is 1. The Balaban J connectivity index is 2.07. The Morgan fingerprint density at radius 1 is 0.917 bits per heavy atom. The second-order valence-electron chi connectivity index (χ2n) is 5.66. The van der Waals surface area contributed by atoms with Crippen molar-refractivity contribution >= 4 is 0 Å². The Bertz CT molecular complexity index is 570. The van der Waals surface area contributed by atoms with Crippen molar-refractivity contribution in [3.63, 3.8) is 0 Å². The van der Waals surface area contributed by atoms with Gasteiger partial charge in [-0.2, -0.15) is 0 Å². The predicted molar refractivity (Wildman–Crippen MR) is 94.4 cm³/mol. The molecule has 130 valence electrons. The van der Waals surface area contributed by atoms with Gasteiger partial charge >= 0.3 is 0 Å². The van der Waals surface area contributed by atoms with Gasteiger partial charge in [0.1, 0.15) is 0 Å². The van der Waals surface area contributed by atoms with Crippen LogP contribution < -0.4 is 0 Å². The van der Waals surface area contributed by atoms with Crippen molar-refractivity contribution in [2.75, 3.05) is 19.8 Å². The van der Waals surface area contributed by atoms with Crippen LogP contribution in [-0.4, -0.2) is 39.7 Å². The number of rotatable bonds is 10.